The van der Waals surface area contributed by atoms with Crippen LogP contribution in [-0.4, -0.2) is 50.0 Å². The molecule has 10 nitrogen and oxygen atoms in total. The predicted octanol–water partition coefficient (Wildman–Crippen LogP) is -0.766. The van der Waals surface area contributed by atoms with Gasteiger partial charge >= 0.3 is 5.69 Å². The number of aromatic nitrogens is 4. The van der Waals surface area contributed by atoms with E-state index in [0.717, 1.165) is 0 Å². The van der Waals surface area contributed by atoms with Gasteiger partial charge in [-0.05, 0) is 12.1 Å². The fraction of sp³-hybridized carbons (Fsp3) is 0.353. The number of ether oxygens (including phenoxy) is 1. The van der Waals surface area contributed by atoms with Crippen molar-refractivity contribution in [1.82, 2.24) is 19.1 Å². The van der Waals surface area contributed by atoms with Gasteiger partial charge in [-0.1, -0.05) is 18.2 Å². The number of aliphatic hydroxyl groups is 1. The number of aliphatic hydroxyl groups excluding tert-OH is 1. The molecular formula is C17H22N6O4. The van der Waals surface area contributed by atoms with Crippen LogP contribution in [0.15, 0.2) is 39.9 Å². The minimum atomic E-state index is -0.905. The third-order valence-electron chi connectivity index (χ3n) is 4.01. The summed E-state index contributed by atoms with van der Waals surface area (Å²) in [6, 6.07) is 9.11. The van der Waals surface area contributed by atoms with Crippen LogP contribution in [0.4, 0.5) is 5.95 Å². The first-order chi connectivity index (χ1) is 13.0. The molecule has 0 amide bonds. The summed E-state index contributed by atoms with van der Waals surface area (Å²) in [5, 5.41) is 13.4. The van der Waals surface area contributed by atoms with Gasteiger partial charge in [0.05, 0.1) is 6.54 Å². The Morgan fingerprint density at radius 1 is 1.33 bits per heavy atom. The standard InChI is InChI=1S/C17H22N6O4/c1-22-14-13(15(25)21-17(22)26)23(16(20-14)19-8-7-18)9-11(24)10-27-12-5-3-2-4-6-12/h2-6,11,24H,7-10,18H2,1H3,(H,19,20)(H,21,25,26). The fourth-order valence-corrected chi connectivity index (χ4v) is 2.70. The van der Waals surface area contributed by atoms with Crippen LogP contribution in [0.25, 0.3) is 11.2 Å². The van der Waals surface area contributed by atoms with E-state index in [1.165, 1.54) is 16.2 Å². The molecule has 0 aliphatic rings. The van der Waals surface area contributed by atoms with E-state index in [2.05, 4.69) is 15.3 Å². The van der Waals surface area contributed by atoms with Crippen molar-refractivity contribution in [2.45, 2.75) is 12.6 Å². The second-order valence-electron chi connectivity index (χ2n) is 6.03. The maximum atomic E-state index is 12.3. The minimum Gasteiger partial charge on any atom is -0.491 e. The molecule has 0 bridgehead atoms. The van der Waals surface area contributed by atoms with E-state index < -0.39 is 17.4 Å². The zero-order valence-corrected chi connectivity index (χ0v) is 14.9. The highest BCUT2D eigenvalue weighted by Crippen LogP contribution is 2.16. The summed E-state index contributed by atoms with van der Waals surface area (Å²) in [6.07, 6.45) is -0.905. The number of nitrogens with zero attached hydrogens (tertiary/aromatic N) is 3. The predicted molar refractivity (Wildman–Crippen MR) is 101 cm³/mol. The van der Waals surface area contributed by atoms with E-state index in [0.29, 0.717) is 24.8 Å². The molecule has 2 aromatic heterocycles. The van der Waals surface area contributed by atoms with E-state index in [1.54, 1.807) is 12.1 Å². The van der Waals surface area contributed by atoms with Crippen molar-refractivity contribution in [1.29, 1.82) is 0 Å². The number of benzene rings is 1. The number of nitrogens with two attached hydrogens (primary N) is 1. The minimum absolute atomic E-state index is 0.0314. The van der Waals surface area contributed by atoms with Gasteiger partial charge < -0.3 is 25.5 Å². The first-order valence-electron chi connectivity index (χ1n) is 8.50. The molecule has 0 radical (unpaired) electrons. The second kappa shape index (κ2) is 8.06. The number of hydrogen-bond acceptors (Lipinski definition) is 7. The molecule has 144 valence electrons. The smallest absolute Gasteiger partial charge is 0.329 e. The van der Waals surface area contributed by atoms with Crippen molar-refractivity contribution in [3.05, 3.63) is 51.2 Å². The molecule has 0 saturated carbocycles. The van der Waals surface area contributed by atoms with Crippen LogP contribution in [0.3, 0.4) is 0 Å². The molecule has 1 unspecified atom stereocenters. The molecule has 3 rings (SSSR count). The second-order valence-corrected chi connectivity index (χ2v) is 6.03. The van der Waals surface area contributed by atoms with Crippen LogP contribution in [-0.2, 0) is 13.6 Å². The number of aromatic amines is 1. The van der Waals surface area contributed by atoms with Gasteiger partial charge in [0.15, 0.2) is 11.2 Å². The van der Waals surface area contributed by atoms with Gasteiger partial charge in [0.1, 0.15) is 18.5 Å². The Hall–Kier alpha value is -3.11. The monoisotopic (exact) mass is 374 g/mol. The molecule has 1 atom stereocenters. The van der Waals surface area contributed by atoms with Gasteiger partial charge in [-0.2, -0.15) is 4.98 Å². The Labute approximate surface area is 154 Å². The summed E-state index contributed by atoms with van der Waals surface area (Å²) in [4.78, 5) is 30.7. The first-order valence-corrected chi connectivity index (χ1v) is 8.50. The Bertz CT molecular complexity index is 1020. The van der Waals surface area contributed by atoms with Crippen molar-refractivity contribution in [2.75, 3.05) is 25.0 Å². The van der Waals surface area contributed by atoms with Crippen molar-refractivity contribution < 1.29 is 9.84 Å². The quantitative estimate of drug-likeness (QED) is 0.406. The third-order valence-corrected chi connectivity index (χ3v) is 4.01. The summed E-state index contributed by atoms with van der Waals surface area (Å²) in [6.45, 7) is 0.866. The zero-order valence-electron chi connectivity index (χ0n) is 14.9. The molecule has 0 saturated heterocycles. The van der Waals surface area contributed by atoms with E-state index in [1.807, 2.05) is 18.2 Å². The summed E-state index contributed by atoms with van der Waals surface area (Å²) in [5.74, 6) is 0.981. The average Bonchev–Trinajstić information content (AvgIpc) is 3.02. The number of hydrogen-bond donors (Lipinski definition) is 4. The van der Waals surface area contributed by atoms with Crippen molar-refractivity contribution in [2.24, 2.45) is 12.8 Å². The summed E-state index contributed by atoms with van der Waals surface area (Å²) in [7, 11) is 1.51. The van der Waals surface area contributed by atoms with Gasteiger partial charge in [-0.15, -0.1) is 0 Å². The average molecular weight is 374 g/mol. The van der Waals surface area contributed by atoms with Crippen LogP contribution in [0.1, 0.15) is 0 Å². The lowest BCUT2D eigenvalue weighted by Crippen LogP contribution is -2.31. The largest absolute Gasteiger partial charge is 0.491 e. The van der Waals surface area contributed by atoms with Crippen LogP contribution < -0.4 is 27.0 Å². The van der Waals surface area contributed by atoms with E-state index in [9.17, 15) is 14.7 Å². The lowest BCUT2D eigenvalue weighted by atomic mass is 10.3. The van der Waals surface area contributed by atoms with E-state index in [4.69, 9.17) is 10.5 Å². The highest BCUT2D eigenvalue weighted by molar-refractivity contribution is 5.74. The Kier molecular flexibility index (Phi) is 5.57. The molecular weight excluding hydrogens is 352 g/mol. The summed E-state index contributed by atoms with van der Waals surface area (Å²) < 4.78 is 8.33. The molecule has 2 heterocycles. The van der Waals surface area contributed by atoms with Crippen LogP contribution in [0.2, 0.25) is 0 Å². The molecule has 27 heavy (non-hydrogen) atoms. The molecule has 0 aliphatic heterocycles. The maximum absolute atomic E-state index is 12.3. The summed E-state index contributed by atoms with van der Waals surface area (Å²) >= 11 is 0. The van der Waals surface area contributed by atoms with Crippen molar-refractivity contribution >= 4 is 17.1 Å². The number of imidazole rings is 1. The first kappa shape index (κ1) is 18.7. The molecule has 5 N–H and O–H groups in total. The SMILES string of the molecule is Cn1c(=O)[nH]c(=O)c2c1nc(NCCN)n2CC(O)COc1ccccc1. The van der Waals surface area contributed by atoms with Gasteiger partial charge in [-0.25, -0.2) is 4.79 Å². The highest BCUT2D eigenvalue weighted by atomic mass is 16.5. The maximum Gasteiger partial charge on any atom is 0.329 e. The fourth-order valence-electron chi connectivity index (χ4n) is 2.70. The number of nitrogens with one attached hydrogen (secondary N) is 2. The van der Waals surface area contributed by atoms with Crippen LogP contribution in [0.5, 0.6) is 5.75 Å². The number of fused-ring (bicyclic) bond motifs is 1. The van der Waals surface area contributed by atoms with Crippen LogP contribution in [0, 0.1) is 0 Å². The van der Waals surface area contributed by atoms with Crippen LogP contribution >= 0.6 is 0 Å². The number of anilines is 1. The lowest BCUT2D eigenvalue weighted by molar-refractivity contribution is 0.0938. The van der Waals surface area contributed by atoms with E-state index in [-0.39, 0.29) is 24.3 Å². The van der Waals surface area contributed by atoms with Gasteiger partial charge in [0, 0.05) is 20.1 Å². The molecule has 0 spiro atoms. The molecule has 0 aliphatic carbocycles. The molecule has 0 fully saturated rings. The number of H-pyrrole nitrogens is 1. The highest BCUT2D eigenvalue weighted by Gasteiger charge is 2.19. The Morgan fingerprint density at radius 2 is 2.07 bits per heavy atom. The van der Waals surface area contributed by atoms with Crippen molar-refractivity contribution in [3.63, 3.8) is 0 Å². The van der Waals surface area contributed by atoms with Gasteiger partial charge in [0.2, 0.25) is 5.95 Å². The number of rotatable bonds is 8. The molecule has 3 aromatic rings. The van der Waals surface area contributed by atoms with Gasteiger partial charge in [-0.3, -0.25) is 14.3 Å². The molecule has 1 aromatic carbocycles. The Balaban J connectivity index is 1.90. The van der Waals surface area contributed by atoms with E-state index >= 15 is 0 Å². The van der Waals surface area contributed by atoms with Gasteiger partial charge in [0.25, 0.3) is 5.56 Å². The zero-order chi connectivity index (χ0) is 19.4. The lowest BCUT2D eigenvalue weighted by Gasteiger charge is -2.15. The molecule has 10 heteroatoms. The number of para-hydroxylation sites is 1. The number of aryl methyl sites for hydroxylation is 1. The third kappa shape index (κ3) is 4.01. The van der Waals surface area contributed by atoms with Crippen molar-refractivity contribution in [3.8, 4) is 5.75 Å². The Morgan fingerprint density at radius 3 is 2.78 bits per heavy atom. The topological polar surface area (TPSA) is 140 Å². The summed E-state index contributed by atoms with van der Waals surface area (Å²) in [5.41, 5.74) is 4.81. The normalized spacial score (nSPS) is 12.3.